The number of hydrogen-bond acceptors (Lipinski definition) is 3. The first-order valence-corrected chi connectivity index (χ1v) is 4.44. The molecule has 0 radical (unpaired) electrons. The van der Waals surface area contributed by atoms with Crippen LogP contribution in [0.3, 0.4) is 0 Å². The van der Waals surface area contributed by atoms with Gasteiger partial charge in [0.05, 0.1) is 7.11 Å². The summed E-state index contributed by atoms with van der Waals surface area (Å²) in [7, 11) is 3.26. The molecule has 0 heterocycles. The molecular weight excluding hydrogens is 242 g/mol. The third-order valence-corrected chi connectivity index (χ3v) is 2.08. The van der Waals surface area contributed by atoms with Gasteiger partial charge in [0.1, 0.15) is 11.3 Å². The molecule has 0 aliphatic rings. The molecule has 1 rings (SSSR count). The number of benzene rings is 1. The molecule has 0 amide bonds. The fourth-order valence-corrected chi connectivity index (χ4v) is 1.29. The van der Waals surface area contributed by atoms with Gasteiger partial charge in [-0.25, -0.2) is 22.4 Å². The van der Waals surface area contributed by atoms with Crippen LogP contribution in [0.15, 0.2) is 0 Å². The predicted octanol–water partition coefficient (Wildman–Crippen LogP) is 2.10. The molecule has 0 spiro atoms. The Hall–Kier alpha value is -1.79. The molecule has 0 aliphatic carbocycles. The molecule has 1 aromatic rings. The molecule has 17 heavy (non-hydrogen) atoms. The van der Waals surface area contributed by atoms with E-state index in [1.165, 1.54) is 14.1 Å². The number of carbonyl (C=O) groups is 1. The van der Waals surface area contributed by atoms with Gasteiger partial charge in [-0.15, -0.1) is 0 Å². The maximum atomic E-state index is 13.4. The van der Waals surface area contributed by atoms with E-state index in [2.05, 4.69) is 4.74 Å². The molecule has 3 nitrogen and oxygen atoms in total. The van der Waals surface area contributed by atoms with Crippen LogP contribution in [0, 0.1) is 23.3 Å². The minimum Gasteiger partial charge on any atom is -0.465 e. The summed E-state index contributed by atoms with van der Waals surface area (Å²) in [5.74, 6) is -8.33. The van der Waals surface area contributed by atoms with Crippen LogP contribution in [-0.2, 0) is 4.74 Å². The van der Waals surface area contributed by atoms with Crippen molar-refractivity contribution in [3.05, 3.63) is 28.8 Å². The maximum Gasteiger partial charge on any atom is 0.344 e. The molecular formula is C10H9F4NO2. The second kappa shape index (κ2) is 4.60. The highest BCUT2D eigenvalue weighted by molar-refractivity contribution is 5.90. The topological polar surface area (TPSA) is 29.5 Å². The summed E-state index contributed by atoms with van der Waals surface area (Å²) >= 11 is 0. The number of hydrogen-bond donors (Lipinski definition) is 0. The van der Waals surface area contributed by atoms with Gasteiger partial charge in [-0.2, -0.15) is 0 Å². The molecule has 0 unspecified atom stereocenters. The van der Waals surface area contributed by atoms with E-state index in [1.54, 1.807) is 0 Å². The first-order valence-electron chi connectivity index (χ1n) is 4.44. The standard InChI is InChI=1S/C10H9F4NO2/c1-15(2)9-7(13)5(11)4(10(16)17-3)6(12)8(9)14/h1-3H3. The highest BCUT2D eigenvalue weighted by atomic mass is 19.2. The van der Waals surface area contributed by atoms with Crippen molar-refractivity contribution in [2.24, 2.45) is 0 Å². The van der Waals surface area contributed by atoms with Crippen LogP contribution in [0.1, 0.15) is 10.4 Å². The lowest BCUT2D eigenvalue weighted by atomic mass is 10.1. The summed E-state index contributed by atoms with van der Waals surface area (Å²) in [5, 5.41) is 0. The molecule has 0 fully saturated rings. The molecule has 7 heteroatoms. The molecule has 0 atom stereocenters. The minimum atomic E-state index is -1.78. The van der Waals surface area contributed by atoms with E-state index in [-0.39, 0.29) is 0 Å². The minimum absolute atomic E-state index is 0.844. The van der Waals surface area contributed by atoms with Gasteiger partial charge in [-0.3, -0.25) is 0 Å². The van der Waals surface area contributed by atoms with Crippen molar-refractivity contribution < 1.29 is 27.1 Å². The first-order chi connectivity index (χ1) is 7.82. The molecule has 1 aromatic carbocycles. The van der Waals surface area contributed by atoms with Crippen LogP contribution in [0.4, 0.5) is 23.2 Å². The Balaban J connectivity index is 3.64. The third kappa shape index (κ3) is 2.04. The van der Waals surface area contributed by atoms with Gasteiger partial charge in [0, 0.05) is 14.1 Å². The zero-order valence-electron chi connectivity index (χ0n) is 9.28. The fourth-order valence-electron chi connectivity index (χ4n) is 1.29. The summed E-state index contributed by atoms with van der Waals surface area (Å²) in [4.78, 5) is 11.9. The number of esters is 1. The van der Waals surface area contributed by atoms with Crippen molar-refractivity contribution >= 4 is 11.7 Å². The van der Waals surface area contributed by atoms with Gasteiger partial charge >= 0.3 is 5.97 Å². The van der Waals surface area contributed by atoms with Crippen molar-refractivity contribution in [3.8, 4) is 0 Å². The van der Waals surface area contributed by atoms with Gasteiger partial charge in [0.2, 0.25) is 0 Å². The van der Waals surface area contributed by atoms with Crippen molar-refractivity contribution in [1.29, 1.82) is 0 Å². The number of anilines is 1. The lowest BCUT2D eigenvalue weighted by Crippen LogP contribution is -2.19. The average Bonchev–Trinajstić information content (AvgIpc) is 2.26. The van der Waals surface area contributed by atoms with Gasteiger partial charge in [0.15, 0.2) is 23.3 Å². The van der Waals surface area contributed by atoms with E-state index >= 15 is 0 Å². The Labute approximate surface area is 94.6 Å². The zero-order valence-corrected chi connectivity index (χ0v) is 9.28. The number of methoxy groups -OCH3 is 1. The van der Waals surface area contributed by atoms with Crippen LogP contribution in [-0.4, -0.2) is 27.2 Å². The van der Waals surface area contributed by atoms with Crippen molar-refractivity contribution in [2.75, 3.05) is 26.1 Å². The van der Waals surface area contributed by atoms with Crippen molar-refractivity contribution in [2.45, 2.75) is 0 Å². The molecule has 0 bridgehead atoms. The second-order valence-electron chi connectivity index (χ2n) is 3.37. The predicted molar refractivity (Wildman–Crippen MR) is 51.9 cm³/mol. The quantitative estimate of drug-likeness (QED) is 0.458. The van der Waals surface area contributed by atoms with Crippen LogP contribution < -0.4 is 4.90 Å². The Morgan fingerprint density at radius 1 is 1.00 bits per heavy atom. The fraction of sp³-hybridized carbons (Fsp3) is 0.300. The number of ether oxygens (including phenoxy) is 1. The molecule has 94 valence electrons. The second-order valence-corrected chi connectivity index (χ2v) is 3.37. The van der Waals surface area contributed by atoms with Crippen molar-refractivity contribution in [3.63, 3.8) is 0 Å². The Kier molecular flexibility index (Phi) is 3.59. The monoisotopic (exact) mass is 251 g/mol. The average molecular weight is 251 g/mol. The summed E-state index contributed by atoms with van der Waals surface area (Å²) < 4.78 is 57.7. The Morgan fingerprint density at radius 2 is 1.41 bits per heavy atom. The van der Waals surface area contributed by atoms with Gasteiger partial charge in [-0.05, 0) is 0 Å². The highest BCUT2D eigenvalue weighted by Gasteiger charge is 2.30. The smallest absolute Gasteiger partial charge is 0.344 e. The molecule has 0 saturated heterocycles. The number of nitrogens with zero attached hydrogens (tertiary/aromatic N) is 1. The lowest BCUT2D eigenvalue weighted by molar-refractivity contribution is 0.0587. The number of carbonyl (C=O) groups excluding carboxylic acids is 1. The first kappa shape index (κ1) is 13.3. The van der Waals surface area contributed by atoms with E-state index in [9.17, 15) is 22.4 Å². The molecule has 0 saturated carbocycles. The summed E-state index contributed by atoms with van der Waals surface area (Å²) in [6.45, 7) is 0. The van der Waals surface area contributed by atoms with Crippen LogP contribution >= 0.6 is 0 Å². The van der Waals surface area contributed by atoms with Gasteiger partial charge in [-0.1, -0.05) is 0 Å². The van der Waals surface area contributed by atoms with Gasteiger partial charge in [0.25, 0.3) is 0 Å². The van der Waals surface area contributed by atoms with E-state index in [1.807, 2.05) is 0 Å². The normalized spacial score (nSPS) is 10.3. The van der Waals surface area contributed by atoms with Crippen LogP contribution in [0.5, 0.6) is 0 Å². The lowest BCUT2D eigenvalue weighted by Gasteiger charge is -2.16. The van der Waals surface area contributed by atoms with Crippen LogP contribution in [0.2, 0.25) is 0 Å². The maximum absolute atomic E-state index is 13.4. The van der Waals surface area contributed by atoms with Gasteiger partial charge < -0.3 is 9.64 Å². The Bertz CT molecular complexity index is 445. The van der Waals surface area contributed by atoms with E-state index in [0.717, 1.165) is 12.0 Å². The SMILES string of the molecule is COC(=O)c1c(F)c(F)c(N(C)C)c(F)c1F. The molecule has 0 aliphatic heterocycles. The van der Waals surface area contributed by atoms with E-state index in [4.69, 9.17) is 0 Å². The third-order valence-electron chi connectivity index (χ3n) is 2.08. The summed E-state index contributed by atoms with van der Waals surface area (Å²) in [6, 6.07) is 0. The Morgan fingerprint density at radius 3 is 1.71 bits per heavy atom. The zero-order chi connectivity index (χ0) is 13.3. The molecule has 0 aromatic heterocycles. The van der Waals surface area contributed by atoms with Crippen LogP contribution in [0.25, 0.3) is 0 Å². The molecule has 0 N–H and O–H groups in total. The largest absolute Gasteiger partial charge is 0.465 e. The highest BCUT2D eigenvalue weighted by Crippen LogP contribution is 2.30. The van der Waals surface area contributed by atoms with E-state index in [0.29, 0.717) is 0 Å². The summed E-state index contributed by atoms with van der Waals surface area (Å²) in [5.41, 5.74) is -2.28. The summed E-state index contributed by atoms with van der Waals surface area (Å²) in [6.07, 6.45) is 0. The number of rotatable bonds is 2. The number of halogens is 4. The van der Waals surface area contributed by atoms with Crippen molar-refractivity contribution in [1.82, 2.24) is 0 Å². The van der Waals surface area contributed by atoms with E-state index < -0.39 is 40.5 Å².